The maximum absolute atomic E-state index is 12.3. The summed E-state index contributed by atoms with van der Waals surface area (Å²) in [5.41, 5.74) is 8.05. The van der Waals surface area contributed by atoms with E-state index in [1.807, 2.05) is 18.2 Å². The predicted molar refractivity (Wildman–Crippen MR) is 87.6 cm³/mol. The smallest absolute Gasteiger partial charge is 0.255 e. The molecule has 4 heteroatoms. The number of aryl methyl sites for hydroxylation is 1. The Morgan fingerprint density at radius 1 is 1.19 bits per heavy atom. The van der Waals surface area contributed by atoms with Gasteiger partial charge in [-0.05, 0) is 36.6 Å². The van der Waals surface area contributed by atoms with Gasteiger partial charge in [0.1, 0.15) is 0 Å². The number of benzene rings is 2. The summed E-state index contributed by atoms with van der Waals surface area (Å²) in [6.07, 6.45) is 1.87. The van der Waals surface area contributed by atoms with Gasteiger partial charge in [-0.3, -0.25) is 4.79 Å². The molecule has 21 heavy (non-hydrogen) atoms. The number of nitrogens with zero attached hydrogens (tertiary/aromatic N) is 1. The van der Waals surface area contributed by atoms with Crippen molar-refractivity contribution in [3.8, 4) is 0 Å². The first kappa shape index (κ1) is 15.4. The van der Waals surface area contributed by atoms with Crippen LogP contribution in [0.1, 0.15) is 22.3 Å². The molecule has 0 unspecified atom stereocenters. The standard InChI is InChI=1S/C17H19ClN2O/c1-20(11-5-8-13-6-3-2-4-7-13)17(21)15-10-9-14(18)12-16(15)19/h2-4,6-7,9-10,12H,5,8,11,19H2,1H3. The van der Waals surface area contributed by atoms with Crippen molar-refractivity contribution in [1.82, 2.24) is 4.90 Å². The van der Waals surface area contributed by atoms with Crippen molar-refractivity contribution in [2.24, 2.45) is 0 Å². The fraction of sp³-hybridized carbons (Fsp3) is 0.235. The molecule has 3 nitrogen and oxygen atoms in total. The molecule has 0 aliphatic carbocycles. The van der Waals surface area contributed by atoms with E-state index < -0.39 is 0 Å². The van der Waals surface area contributed by atoms with Gasteiger partial charge in [-0.2, -0.15) is 0 Å². The van der Waals surface area contributed by atoms with Crippen molar-refractivity contribution < 1.29 is 4.79 Å². The van der Waals surface area contributed by atoms with E-state index in [1.165, 1.54) is 5.56 Å². The number of hydrogen-bond donors (Lipinski definition) is 1. The highest BCUT2D eigenvalue weighted by Gasteiger charge is 2.14. The van der Waals surface area contributed by atoms with Crippen molar-refractivity contribution in [2.75, 3.05) is 19.3 Å². The third-order valence-corrected chi connectivity index (χ3v) is 3.63. The molecule has 0 aliphatic rings. The van der Waals surface area contributed by atoms with Gasteiger partial charge in [-0.1, -0.05) is 41.9 Å². The first-order valence-electron chi connectivity index (χ1n) is 6.92. The molecule has 1 amide bonds. The van der Waals surface area contributed by atoms with Gasteiger partial charge in [0.2, 0.25) is 0 Å². The molecule has 0 aliphatic heterocycles. The van der Waals surface area contributed by atoms with Crippen LogP contribution >= 0.6 is 11.6 Å². The number of anilines is 1. The molecule has 0 spiro atoms. The molecule has 0 saturated heterocycles. The summed E-state index contributed by atoms with van der Waals surface area (Å²) in [4.78, 5) is 14.0. The lowest BCUT2D eigenvalue weighted by Gasteiger charge is -2.18. The highest BCUT2D eigenvalue weighted by molar-refractivity contribution is 6.31. The summed E-state index contributed by atoms with van der Waals surface area (Å²) in [6, 6.07) is 15.2. The number of carbonyl (C=O) groups is 1. The average molecular weight is 303 g/mol. The lowest BCUT2D eigenvalue weighted by atomic mass is 10.1. The number of carbonyl (C=O) groups excluding carboxylic acids is 1. The molecule has 2 N–H and O–H groups in total. The number of nitrogens with two attached hydrogens (primary N) is 1. The Bertz CT molecular complexity index is 613. The first-order chi connectivity index (χ1) is 10.1. The Labute approximate surface area is 130 Å². The van der Waals surface area contributed by atoms with Gasteiger partial charge in [0.05, 0.1) is 5.56 Å². The topological polar surface area (TPSA) is 46.3 Å². The molecule has 0 aromatic heterocycles. The van der Waals surface area contributed by atoms with Crippen molar-refractivity contribution in [1.29, 1.82) is 0 Å². The summed E-state index contributed by atoms with van der Waals surface area (Å²) >= 11 is 5.85. The minimum absolute atomic E-state index is 0.0720. The van der Waals surface area contributed by atoms with Crippen LogP contribution in [0, 0.1) is 0 Å². The molecular weight excluding hydrogens is 284 g/mol. The molecule has 2 aromatic carbocycles. The fourth-order valence-corrected chi connectivity index (χ4v) is 2.38. The Kier molecular flexibility index (Phi) is 5.23. The van der Waals surface area contributed by atoms with E-state index in [0.29, 0.717) is 22.8 Å². The second-order valence-corrected chi connectivity index (χ2v) is 5.48. The lowest BCUT2D eigenvalue weighted by Crippen LogP contribution is -2.28. The van der Waals surface area contributed by atoms with Gasteiger partial charge >= 0.3 is 0 Å². The highest BCUT2D eigenvalue weighted by atomic mass is 35.5. The summed E-state index contributed by atoms with van der Waals surface area (Å²) in [5, 5.41) is 0.538. The van der Waals surface area contributed by atoms with Crippen LogP contribution in [-0.4, -0.2) is 24.4 Å². The van der Waals surface area contributed by atoms with E-state index in [9.17, 15) is 4.79 Å². The van der Waals surface area contributed by atoms with Gasteiger partial charge in [-0.15, -0.1) is 0 Å². The largest absolute Gasteiger partial charge is 0.398 e. The van der Waals surface area contributed by atoms with E-state index in [-0.39, 0.29) is 5.91 Å². The molecule has 0 fully saturated rings. The Balaban J connectivity index is 1.90. The molecule has 0 heterocycles. The molecule has 0 bridgehead atoms. The molecule has 110 valence electrons. The summed E-state index contributed by atoms with van der Waals surface area (Å²) in [5.74, 6) is -0.0720. The van der Waals surface area contributed by atoms with Gasteiger partial charge in [0, 0.05) is 24.3 Å². The predicted octanol–water partition coefficient (Wildman–Crippen LogP) is 3.63. The SMILES string of the molecule is CN(CCCc1ccccc1)C(=O)c1ccc(Cl)cc1N. The number of rotatable bonds is 5. The Morgan fingerprint density at radius 3 is 2.57 bits per heavy atom. The third kappa shape index (κ3) is 4.23. The number of amides is 1. The van der Waals surface area contributed by atoms with Crippen LogP contribution in [-0.2, 0) is 6.42 Å². The van der Waals surface area contributed by atoms with Crippen LogP contribution < -0.4 is 5.73 Å². The molecule has 0 saturated carbocycles. The van der Waals surface area contributed by atoms with E-state index in [4.69, 9.17) is 17.3 Å². The van der Waals surface area contributed by atoms with E-state index in [2.05, 4.69) is 12.1 Å². The summed E-state index contributed by atoms with van der Waals surface area (Å²) < 4.78 is 0. The fourth-order valence-electron chi connectivity index (χ4n) is 2.20. The Hall–Kier alpha value is -2.00. The van der Waals surface area contributed by atoms with Gasteiger partial charge in [0.15, 0.2) is 0 Å². The number of hydrogen-bond acceptors (Lipinski definition) is 2. The van der Waals surface area contributed by atoms with Crippen LogP contribution in [0.4, 0.5) is 5.69 Å². The Morgan fingerprint density at radius 2 is 1.90 bits per heavy atom. The molecular formula is C17H19ClN2O. The van der Waals surface area contributed by atoms with Crippen molar-refractivity contribution >= 4 is 23.2 Å². The maximum Gasteiger partial charge on any atom is 0.255 e. The summed E-state index contributed by atoms with van der Waals surface area (Å²) in [6.45, 7) is 0.690. The maximum atomic E-state index is 12.3. The van der Waals surface area contributed by atoms with Crippen molar-refractivity contribution in [3.63, 3.8) is 0 Å². The zero-order chi connectivity index (χ0) is 15.2. The second-order valence-electron chi connectivity index (χ2n) is 5.05. The van der Waals surface area contributed by atoms with Crippen LogP contribution in [0.5, 0.6) is 0 Å². The molecule has 0 atom stereocenters. The minimum Gasteiger partial charge on any atom is -0.398 e. The van der Waals surface area contributed by atoms with E-state index in [0.717, 1.165) is 12.8 Å². The first-order valence-corrected chi connectivity index (χ1v) is 7.30. The van der Waals surface area contributed by atoms with Gasteiger partial charge in [0.25, 0.3) is 5.91 Å². The molecule has 2 aromatic rings. The quantitative estimate of drug-likeness (QED) is 0.857. The summed E-state index contributed by atoms with van der Waals surface area (Å²) in [7, 11) is 1.79. The zero-order valence-corrected chi connectivity index (χ0v) is 12.8. The van der Waals surface area contributed by atoms with Crippen LogP contribution in [0.25, 0.3) is 0 Å². The monoisotopic (exact) mass is 302 g/mol. The number of nitrogen functional groups attached to an aromatic ring is 1. The van der Waals surface area contributed by atoms with E-state index in [1.54, 1.807) is 30.1 Å². The highest BCUT2D eigenvalue weighted by Crippen LogP contribution is 2.19. The normalized spacial score (nSPS) is 10.4. The minimum atomic E-state index is -0.0720. The zero-order valence-electron chi connectivity index (χ0n) is 12.1. The third-order valence-electron chi connectivity index (χ3n) is 3.39. The van der Waals surface area contributed by atoms with Gasteiger partial charge < -0.3 is 10.6 Å². The van der Waals surface area contributed by atoms with Crippen molar-refractivity contribution in [2.45, 2.75) is 12.8 Å². The average Bonchev–Trinajstić information content (AvgIpc) is 2.47. The van der Waals surface area contributed by atoms with Crippen LogP contribution in [0.3, 0.4) is 0 Å². The van der Waals surface area contributed by atoms with Crippen LogP contribution in [0.15, 0.2) is 48.5 Å². The molecule has 0 radical (unpaired) electrons. The van der Waals surface area contributed by atoms with Gasteiger partial charge in [-0.25, -0.2) is 0 Å². The van der Waals surface area contributed by atoms with Crippen LogP contribution in [0.2, 0.25) is 5.02 Å². The lowest BCUT2D eigenvalue weighted by molar-refractivity contribution is 0.0794. The van der Waals surface area contributed by atoms with E-state index >= 15 is 0 Å². The molecule has 2 rings (SSSR count). The second kappa shape index (κ2) is 7.14. The number of halogens is 1. The van der Waals surface area contributed by atoms with Crippen molar-refractivity contribution in [3.05, 3.63) is 64.7 Å².